The van der Waals surface area contributed by atoms with Crippen LogP contribution in [0.1, 0.15) is 12.7 Å². The Kier molecular flexibility index (Phi) is 7.16. The zero-order valence-corrected chi connectivity index (χ0v) is 17.0. The molecule has 0 aliphatic rings. The first kappa shape index (κ1) is 20.8. The van der Waals surface area contributed by atoms with Crippen LogP contribution in [0.2, 0.25) is 10.0 Å². The molecule has 1 aromatic heterocycles. The number of ether oxygens (including phenoxy) is 2. The molecule has 6 nitrogen and oxygen atoms in total. The smallest absolute Gasteiger partial charge is 0.277 e. The van der Waals surface area contributed by atoms with E-state index >= 15 is 0 Å². The zero-order chi connectivity index (χ0) is 20.6. The largest absolute Gasteiger partial charge is 0.490 e. The normalized spacial score (nSPS) is 10.9. The molecule has 1 N–H and O–H groups in total. The Bertz CT molecular complexity index is 1020. The summed E-state index contributed by atoms with van der Waals surface area (Å²) in [6.45, 7) is 2.17. The number of hydrazone groups is 1. The van der Waals surface area contributed by atoms with Crippen LogP contribution in [-0.4, -0.2) is 25.3 Å². The van der Waals surface area contributed by atoms with Crippen molar-refractivity contribution in [3.63, 3.8) is 0 Å². The molecule has 1 heterocycles. The van der Waals surface area contributed by atoms with Gasteiger partial charge in [0.05, 0.1) is 17.8 Å². The first-order chi connectivity index (χ1) is 14.1. The number of hydrogen-bond donors (Lipinski definition) is 1. The number of hydrogen-bond acceptors (Lipinski definition) is 5. The summed E-state index contributed by atoms with van der Waals surface area (Å²) in [4.78, 5) is 11.9. The van der Waals surface area contributed by atoms with Crippen LogP contribution in [0.4, 0.5) is 0 Å². The number of amides is 1. The molecule has 0 spiro atoms. The Morgan fingerprint density at radius 2 is 1.86 bits per heavy atom. The van der Waals surface area contributed by atoms with Crippen LogP contribution in [0.25, 0.3) is 11.3 Å². The first-order valence-electron chi connectivity index (χ1n) is 8.78. The van der Waals surface area contributed by atoms with E-state index < -0.39 is 5.91 Å². The van der Waals surface area contributed by atoms with Gasteiger partial charge in [0.1, 0.15) is 11.5 Å². The van der Waals surface area contributed by atoms with Crippen molar-refractivity contribution in [2.24, 2.45) is 5.10 Å². The molecule has 0 aliphatic carbocycles. The molecule has 0 aliphatic heterocycles. The number of carbonyl (C=O) groups excluding carboxylic acids is 1. The maximum Gasteiger partial charge on any atom is 0.277 e. The van der Waals surface area contributed by atoms with Gasteiger partial charge in [-0.2, -0.15) is 5.10 Å². The van der Waals surface area contributed by atoms with E-state index in [-0.39, 0.29) is 6.61 Å². The van der Waals surface area contributed by atoms with E-state index in [1.54, 1.807) is 48.5 Å². The third kappa shape index (κ3) is 5.76. The predicted octanol–water partition coefficient (Wildman–Crippen LogP) is 5.18. The first-order valence-corrected chi connectivity index (χ1v) is 9.54. The van der Waals surface area contributed by atoms with E-state index in [9.17, 15) is 4.79 Å². The van der Waals surface area contributed by atoms with Gasteiger partial charge in [-0.15, -0.1) is 0 Å². The van der Waals surface area contributed by atoms with Crippen molar-refractivity contribution >= 4 is 35.3 Å². The molecule has 29 heavy (non-hydrogen) atoms. The summed E-state index contributed by atoms with van der Waals surface area (Å²) in [5, 5.41) is 4.89. The molecule has 0 unspecified atom stereocenters. The van der Waals surface area contributed by atoms with Crippen molar-refractivity contribution in [2.75, 3.05) is 13.2 Å². The fourth-order valence-corrected chi connectivity index (χ4v) is 2.95. The topological polar surface area (TPSA) is 73.1 Å². The fourth-order valence-electron chi connectivity index (χ4n) is 2.44. The number of furan rings is 1. The Morgan fingerprint density at radius 3 is 2.59 bits per heavy atom. The zero-order valence-electron chi connectivity index (χ0n) is 15.5. The standard InChI is InChI=1S/C21H18Cl2N2O4/c1-2-27-19-5-3-4-6-20(19)28-13-21(26)25-24-12-15-8-10-18(29-15)16-9-7-14(22)11-17(16)23/h3-12H,2,13H2,1H3,(H,25,26)/b24-12-. The lowest BCUT2D eigenvalue weighted by Gasteiger charge is -2.10. The lowest BCUT2D eigenvalue weighted by atomic mass is 10.2. The predicted molar refractivity (Wildman–Crippen MR) is 113 cm³/mol. The van der Waals surface area contributed by atoms with Gasteiger partial charge < -0.3 is 13.9 Å². The minimum atomic E-state index is -0.417. The van der Waals surface area contributed by atoms with E-state index in [0.717, 1.165) is 0 Å². The second-order valence-electron chi connectivity index (χ2n) is 5.79. The van der Waals surface area contributed by atoms with Gasteiger partial charge in [0, 0.05) is 10.6 Å². The van der Waals surface area contributed by atoms with Gasteiger partial charge in [0.25, 0.3) is 5.91 Å². The second kappa shape index (κ2) is 10.0. The van der Waals surface area contributed by atoms with Gasteiger partial charge in [-0.3, -0.25) is 4.79 Å². The molecule has 2 aromatic carbocycles. The maximum absolute atomic E-state index is 11.9. The summed E-state index contributed by atoms with van der Waals surface area (Å²) in [5.74, 6) is 1.67. The summed E-state index contributed by atoms with van der Waals surface area (Å²) in [6, 6.07) is 15.7. The molecule has 150 valence electrons. The van der Waals surface area contributed by atoms with E-state index in [4.69, 9.17) is 37.1 Å². The summed E-state index contributed by atoms with van der Waals surface area (Å²) in [7, 11) is 0. The van der Waals surface area contributed by atoms with Crippen LogP contribution in [0.5, 0.6) is 11.5 Å². The number of rotatable bonds is 8. The summed E-state index contributed by atoms with van der Waals surface area (Å²) in [5.41, 5.74) is 3.09. The van der Waals surface area contributed by atoms with Crippen LogP contribution in [0.15, 0.2) is 64.1 Å². The average Bonchev–Trinajstić information content (AvgIpc) is 3.16. The monoisotopic (exact) mass is 432 g/mol. The van der Waals surface area contributed by atoms with E-state index in [1.807, 2.05) is 13.0 Å². The van der Waals surface area contributed by atoms with Crippen molar-refractivity contribution in [1.82, 2.24) is 5.43 Å². The van der Waals surface area contributed by atoms with Crippen molar-refractivity contribution < 1.29 is 18.7 Å². The Balaban J connectivity index is 1.54. The molecule has 0 fully saturated rings. The highest BCUT2D eigenvalue weighted by Gasteiger charge is 2.09. The highest BCUT2D eigenvalue weighted by Crippen LogP contribution is 2.31. The van der Waals surface area contributed by atoms with Gasteiger partial charge in [0.2, 0.25) is 0 Å². The van der Waals surface area contributed by atoms with Gasteiger partial charge in [-0.1, -0.05) is 35.3 Å². The SMILES string of the molecule is CCOc1ccccc1OCC(=O)N/N=C\c1ccc(-c2ccc(Cl)cc2Cl)o1. The Labute approximate surface area is 178 Å². The molecular formula is C21H18Cl2N2O4. The van der Waals surface area contributed by atoms with Gasteiger partial charge in [0.15, 0.2) is 18.1 Å². The van der Waals surface area contributed by atoms with Crippen LogP contribution in [0.3, 0.4) is 0 Å². The molecule has 0 saturated carbocycles. The van der Waals surface area contributed by atoms with Crippen LogP contribution >= 0.6 is 23.2 Å². The molecule has 3 aromatic rings. The molecule has 0 atom stereocenters. The molecule has 3 rings (SSSR count). The quantitative estimate of drug-likeness (QED) is 0.393. The average molecular weight is 433 g/mol. The molecular weight excluding hydrogens is 415 g/mol. The minimum Gasteiger partial charge on any atom is -0.490 e. The van der Waals surface area contributed by atoms with Gasteiger partial charge in [-0.05, 0) is 49.4 Å². The Morgan fingerprint density at radius 1 is 1.10 bits per heavy atom. The van der Waals surface area contributed by atoms with Crippen molar-refractivity contribution in [2.45, 2.75) is 6.92 Å². The van der Waals surface area contributed by atoms with Crippen molar-refractivity contribution in [3.8, 4) is 22.8 Å². The molecule has 0 saturated heterocycles. The van der Waals surface area contributed by atoms with Crippen LogP contribution in [0, 0.1) is 0 Å². The van der Waals surface area contributed by atoms with Gasteiger partial charge >= 0.3 is 0 Å². The highest BCUT2D eigenvalue weighted by atomic mass is 35.5. The van der Waals surface area contributed by atoms with Crippen molar-refractivity contribution in [3.05, 3.63) is 70.4 Å². The van der Waals surface area contributed by atoms with E-state index in [0.29, 0.717) is 45.2 Å². The van der Waals surface area contributed by atoms with E-state index in [2.05, 4.69) is 10.5 Å². The minimum absolute atomic E-state index is 0.203. The Hall–Kier alpha value is -2.96. The number of halogens is 2. The molecule has 0 bridgehead atoms. The highest BCUT2D eigenvalue weighted by molar-refractivity contribution is 6.36. The summed E-state index contributed by atoms with van der Waals surface area (Å²) in [6.07, 6.45) is 1.39. The van der Waals surface area contributed by atoms with Crippen LogP contribution in [-0.2, 0) is 4.79 Å². The third-order valence-electron chi connectivity index (χ3n) is 3.71. The fraction of sp³-hybridized carbons (Fsp3) is 0.143. The molecule has 1 amide bonds. The number of benzene rings is 2. The molecule has 0 radical (unpaired) electrons. The lowest BCUT2D eigenvalue weighted by Crippen LogP contribution is -2.24. The number of nitrogens with one attached hydrogen (secondary N) is 1. The number of carbonyl (C=O) groups is 1. The summed E-state index contributed by atoms with van der Waals surface area (Å²) < 4.78 is 16.6. The molecule has 8 heteroatoms. The number of para-hydroxylation sites is 2. The third-order valence-corrected chi connectivity index (χ3v) is 4.26. The maximum atomic E-state index is 11.9. The van der Waals surface area contributed by atoms with E-state index in [1.165, 1.54) is 6.21 Å². The summed E-state index contributed by atoms with van der Waals surface area (Å²) >= 11 is 12.1. The second-order valence-corrected chi connectivity index (χ2v) is 6.63. The van der Waals surface area contributed by atoms with Gasteiger partial charge in [-0.25, -0.2) is 5.43 Å². The van der Waals surface area contributed by atoms with Crippen molar-refractivity contribution in [1.29, 1.82) is 0 Å². The number of nitrogens with zero attached hydrogens (tertiary/aromatic N) is 1. The lowest BCUT2D eigenvalue weighted by molar-refractivity contribution is -0.123. The van der Waals surface area contributed by atoms with Crippen LogP contribution < -0.4 is 14.9 Å².